The van der Waals surface area contributed by atoms with Crippen LogP contribution in [-0.2, 0) is 9.53 Å². The maximum atomic E-state index is 12.3. The van der Waals surface area contributed by atoms with E-state index in [9.17, 15) is 4.79 Å². The third kappa shape index (κ3) is 5.98. The maximum absolute atomic E-state index is 12.3. The zero-order chi connectivity index (χ0) is 19.8. The largest absolute Gasteiger partial charge is 0.454 e. The molecule has 3 rings (SSSR count). The lowest BCUT2D eigenvalue weighted by Crippen LogP contribution is -2.28. The molecule has 8 nitrogen and oxygen atoms in total. The molecule has 28 heavy (non-hydrogen) atoms. The SMILES string of the molecule is CCOCCCNc1nnc(SCC(=O)N[C@H](C)c2ccc3c(c2)OCO3)s1. The number of hydrogen-bond acceptors (Lipinski definition) is 9. The van der Waals surface area contributed by atoms with Crippen molar-refractivity contribution in [2.24, 2.45) is 0 Å². The van der Waals surface area contributed by atoms with Crippen molar-refractivity contribution < 1.29 is 19.0 Å². The molecule has 2 heterocycles. The summed E-state index contributed by atoms with van der Waals surface area (Å²) in [5.74, 6) is 1.67. The Morgan fingerprint density at radius 2 is 2.21 bits per heavy atom. The highest BCUT2D eigenvalue weighted by Crippen LogP contribution is 2.34. The number of carbonyl (C=O) groups is 1. The highest BCUT2D eigenvalue weighted by atomic mass is 32.2. The van der Waals surface area contributed by atoms with Crippen LogP contribution >= 0.6 is 23.1 Å². The Hall–Kier alpha value is -2.04. The molecule has 1 amide bonds. The van der Waals surface area contributed by atoms with E-state index in [0.717, 1.165) is 47.0 Å². The van der Waals surface area contributed by atoms with E-state index in [-0.39, 0.29) is 24.5 Å². The summed E-state index contributed by atoms with van der Waals surface area (Å²) in [5.41, 5.74) is 0.969. The Bertz CT molecular complexity index is 787. The van der Waals surface area contributed by atoms with Crippen molar-refractivity contribution in [2.75, 3.05) is 37.6 Å². The lowest BCUT2D eigenvalue weighted by atomic mass is 10.1. The molecular formula is C18H24N4O4S2. The van der Waals surface area contributed by atoms with Gasteiger partial charge in [0.2, 0.25) is 17.8 Å². The minimum Gasteiger partial charge on any atom is -0.454 e. The molecule has 1 aliphatic heterocycles. The molecule has 2 N–H and O–H groups in total. The Kier molecular flexibility index (Phi) is 7.75. The van der Waals surface area contributed by atoms with Crippen molar-refractivity contribution in [3.8, 4) is 11.5 Å². The fraction of sp³-hybridized carbons (Fsp3) is 0.500. The third-order valence-corrected chi connectivity index (χ3v) is 5.97. The molecule has 1 atom stereocenters. The molecule has 0 spiro atoms. The summed E-state index contributed by atoms with van der Waals surface area (Å²) in [6, 6.07) is 5.56. The van der Waals surface area contributed by atoms with Gasteiger partial charge in [-0.25, -0.2) is 0 Å². The van der Waals surface area contributed by atoms with Crippen LogP contribution < -0.4 is 20.1 Å². The molecule has 0 aliphatic carbocycles. The normalized spacial score (nSPS) is 13.4. The number of nitrogens with zero attached hydrogens (tertiary/aromatic N) is 2. The average molecular weight is 425 g/mol. The van der Waals surface area contributed by atoms with E-state index in [1.165, 1.54) is 23.1 Å². The van der Waals surface area contributed by atoms with Gasteiger partial charge in [0.1, 0.15) is 0 Å². The van der Waals surface area contributed by atoms with Crippen LogP contribution in [0.3, 0.4) is 0 Å². The highest BCUT2D eigenvalue weighted by Gasteiger charge is 2.17. The van der Waals surface area contributed by atoms with E-state index in [2.05, 4.69) is 20.8 Å². The van der Waals surface area contributed by atoms with Gasteiger partial charge in [-0.15, -0.1) is 10.2 Å². The van der Waals surface area contributed by atoms with Crippen LogP contribution in [0.25, 0.3) is 0 Å². The fourth-order valence-corrected chi connectivity index (χ4v) is 4.12. The van der Waals surface area contributed by atoms with Crippen LogP contribution in [0.5, 0.6) is 11.5 Å². The van der Waals surface area contributed by atoms with Crippen LogP contribution in [0.2, 0.25) is 0 Å². The van der Waals surface area contributed by atoms with E-state index in [1.807, 2.05) is 32.0 Å². The second-order valence-corrected chi connectivity index (χ2v) is 8.24. The number of anilines is 1. The zero-order valence-electron chi connectivity index (χ0n) is 15.9. The van der Waals surface area contributed by atoms with Gasteiger partial charge < -0.3 is 24.8 Å². The average Bonchev–Trinajstić information content (AvgIpc) is 3.34. The first-order valence-electron chi connectivity index (χ1n) is 9.12. The quantitative estimate of drug-likeness (QED) is 0.420. The fourth-order valence-electron chi connectivity index (χ4n) is 2.53. The lowest BCUT2D eigenvalue weighted by molar-refractivity contribution is -0.119. The number of hydrogen-bond donors (Lipinski definition) is 2. The predicted octanol–water partition coefficient (Wildman–Crippen LogP) is 3.07. The predicted molar refractivity (Wildman–Crippen MR) is 109 cm³/mol. The number of benzene rings is 1. The minimum atomic E-state index is -0.125. The van der Waals surface area contributed by atoms with Crippen LogP contribution in [0.15, 0.2) is 22.5 Å². The van der Waals surface area contributed by atoms with Gasteiger partial charge in [-0.05, 0) is 38.0 Å². The number of ether oxygens (including phenoxy) is 3. The molecule has 10 heteroatoms. The number of rotatable bonds is 11. The molecule has 0 fully saturated rings. The number of nitrogens with one attached hydrogen (secondary N) is 2. The van der Waals surface area contributed by atoms with Gasteiger partial charge in [0, 0.05) is 19.8 Å². The van der Waals surface area contributed by atoms with Gasteiger partial charge in [-0.3, -0.25) is 4.79 Å². The van der Waals surface area contributed by atoms with Crippen molar-refractivity contribution in [1.29, 1.82) is 0 Å². The molecular weight excluding hydrogens is 400 g/mol. The Morgan fingerprint density at radius 3 is 3.07 bits per heavy atom. The van der Waals surface area contributed by atoms with E-state index in [1.54, 1.807) is 0 Å². The summed E-state index contributed by atoms with van der Waals surface area (Å²) < 4.78 is 16.7. The van der Waals surface area contributed by atoms with Crippen molar-refractivity contribution in [3.05, 3.63) is 23.8 Å². The van der Waals surface area contributed by atoms with Crippen molar-refractivity contribution >= 4 is 34.1 Å². The van der Waals surface area contributed by atoms with Crippen LogP contribution in [-0.4, -0.2) is 48.4 Å². The van der Waals surface area contributed by atoms with Gasteiger partial charge in [0.05, 0.1) is 11.8 Å². The van der Waals surface area contributed by atoms with Gasteiger partial charge in [-0.2, -0.15) is 0 Å². The summed E-state index contributed by atoms with van der Waals surface area (Å²) >= 11 is 2.82. The first kappa shape index (κ1) is 20.7. The summed E-state index contributed by atoms with van der Waals surface area (Å²) in [4.78, 5) is 12.3. The number of aromatic nitrogens is 2. The molecule has 0 bridgehead atoms. The smallest absolute Gasteiger partial charge is 0.231 e. The van der Waals surface area contributed by atoms with E-state index >= 15 is 0 Å². The molecule has 1 aromatic heterocycles. The van der Waals surface area contributed by atoms with E-state index in [4.69, 9.17) is 14.2 Å². The summed E-state index contributed by atoms with van der Waals surface area (Å²) in [6.45, 7) is 6.40. The van der Waals surface area contributed by atoms with Crippen LogP contribution in [0, 0.1) is 0 Å². The minimum absolute atomic E-state index is 0.0587. The molecule has 1 aliphatic rings. The molecule has 2 aromatic rings. The molecule has 152 valence electrons. The molecule has 0 saturated carbocycles. The van der Waals surface area contributed by atoms with Crippen LogP contribution in [0.4, 0.5) is 5.13 Å². The van der Waals surface area contributed by atoms with Crippen molar-refractivity contribution in [1.82, 2.24) is 15.5 Å². The highest BCUT2D eigenvalue weighted by molar-refractivity contribution is 8.01. The number of thioether (sulfide) groups is 1. The first-order valence-corrected chi connectivity index (χ1v) is 10.9. The van der Waals surface area contributed by atoms with Gasteiger partial charge in [-0.1, -0.05) is 29.2 Å². The first-order chi connectivity index (χ1) is 13.7. The maximum Gasteiger partial charge on any atom is 0.231 e. The summed E-state index contributed by atoms with van der Waals surface area (Å²) in [6.07, 6.45) is 0.913. The third-order valence-electron chi connectivity index (χ3n) is 3.95. The lowest BCUT2D eigenvalue weighted by Gasteiger charge is -2.14. The molecule has 0 unspecified atom stereocenters. The van der Waals surface area contributed by atoms with Crippen LogP contribution in [0.1, 0.15) is 31.9 Å². The molecule has 1 aromatic carbocycles. The van der Waals surface area contributed by atoms with Crippen molar-refractivity contribution in [2.45, 2.75) is 30.6 Å². The topological polar surface area (TPSA) is 94.6 Å². The second kappa shape index (κ2) is 10.5. The Morgan fingerprint density at radius 1 is 1.36 bits per heavy atom. The van der Waals surface area contributed by atoms with Gasteiger partial charge in [0.15, 0.2) is 15.8 Å². The van der Waals surface area contributed by atoms with E-state index < -0.39 is 0 Å². The number of amides is 1. The molecule has 0 saturated heterocycles. The summed E-state index contributed by atoms with van der Waals surface area (Å²) in [7, 11) is 0. The van der Waals surface area contributed by atoms with E-state index in [0.29, 0.717) is 5.75 Å². The Balaban J connectivity index is 1.39. The number of carbonyl (C=O) groups excluding carboxylic acids is 1. The standard InChI is InChI=1S/C18H24N4O4S2/c1-3-24-8-4-7-19-17-21-22-18(28-17)27-10-16(23)20-12(2)13-5-6-14-15(9-13)26-11-25-14/h5-6,9,12H,3-4,7-8,10-11H2,1-2H3,(H,19,21)(H,20,23)/t12-/m1/s1. The number of fused-ring (bicyclic) bond motifs is 1. The monoisotopic (exact) mass is 424 g/mol. The molecule has 0 radical (unpaired) electrons. The van der Waals surface area contributed by atoms with Gasteiger partial charge >= 0.3 is 0 Å². The van der Waals surface area contributed by atoms with Crippen molar-refractivity contribution in [3.63, 3.8) is 0 Å². The summed E-state index contributed by atoms with van der Waals surface area (Å²) in [5, 5.41) is 15.2. The second-order valence-electron chi connectivity index (χ2n) is 6.04. The Labute approximate surface area is 172 Å². The van der Waals surface area contributed by atoms with Gasteiger partial charge in [0.25, 0.3) is 0 Å². The zero-order valence-corrected chi connectivity index (χ0v) is 17.5.